The van der Waals surface area contributed by atoms with Crippen LogP contribution in [0.2, 0.25) is 5.02 Å². The van der Waals surface area contributed by atoms with Gasteiger partial charge in [-0.15, -0.1) is 0 Å². The quantitative estimate of drug-likeness (QED) is 0.272. The molecular weight excluding hydrogens is 502 g/mol. The highest BCUT2D eigenvalue weighted by atomic mass is 35.5. The first-order chi connectivity index (χ1) is 17.6. The number of carbonyl (C=O) groups is 1. The van der Waals surface area contributed by atoms with Gasteiger partial charge >= 0.3 is 0 Å². The van der Waals surface area contributed by atoms with E-state index in [9.17, 15) is 9.18 Å². The summed E-state index contributed by atoms with van der Waals surface area (Å²) in [6.45, 7) is 4.70. The Kier molecular flexibility index (Phi) is 7.89. The molecule has 1 saturated carbocycles. The zero-order valence-corrected chi connectivity index (χ0v) is 22.0. The van der Waals surface area contributed by atoms with Crippen molar-refractivity contribution in [3.8, 4) is 11.3 Å². The number of halogens is 3. The lowest BCUT2D eigenvalue weighted by atomic mass is 10.0. The molecule has 0 bridgehead atoms. The van der Waals surface area contributed by atoms with E-state index >= 15 is 4.39 Å². The molecule has 2 aromatic heterocycles. The third-order valence-electron chi connectivity index (χ3n) is 6.44. The lowest BCUT2D eigenvalue weighted by molar-refractivity contribution is -0.114. The highest BCUT2D eigenvalue weighted by Crippen LogP contribution is 2.44. The van der Waals surface area contributed by atoms with Gasteiger partial charge in [-0.3, -0.25) is 9.48 Å². The van der Waals surface area contributed by atoms with Crippen molar-refractivity contribution < 1.29 is 18.3 Å². The number of morpholine rings is 1. The monoisotopic (exact) mass is 530 g/mol. The van der Waals surface area contributed by atoms with Crippen LogP contribution in [0.1, 0.15) is 25.3 Å². The Hall–Kier alpha value is -3.37. The third-order valence-corrected chi connectivity index (χ3v) is 6.68. The van der Waals surface area contributed by atoms with Gasteiger partial charge in [0.05, 0.1) is 17.9 Å². The lowest BCUT2D eigenvalue weighted by Gasteiger charge is -2.34. The standard InChI is InChI=1S/C22H23ClF2N4O2.C4H6N2/c1-13-18(25)21(29-8-9-31-22(11-29)6-7-22)27-20(16-5-4-15(23)10-17(16)24)19(13)26-14(2)28(3)12-30;1-6-4-2-3-5-6/h4-5,10,12H,6-9,11H2,1-3H3;2-4H,1H3. The zero-order chi connectivity index (χ0) is 26.7. The molecule has 3 aromatic rings. The summed E-state index contributed by atoms with van der Waals surface area (Å²) < 4.78 is 37.9. The van der Waals surface area contributed by atoms with Gasteiger partial charge in [0, 0.05) is 55.7 Å². The van der Waals surface area contributed by atoms with Gasteiger partial charge in [-0.1, -0.05) is 11.6 Å². The molecule has 5 rings (SSSR count). The second-order valence-corrected chi connectivity index (χ2v) is 9.64. The second kappa shape index (κ2) is 10.9. The van der Waals surface area contributed by atoms with E-state index in [0.29, 0.717) is 31.9 Å². The molecular formula is C26H29ClF2N6O2. The molecule has 11 heteroatoms. The molecule has 1 aliphatic carbocycles. The molecule has 3 heterocycles. The average Bonchev–Trinajstić information content (AvgIpc) is 3.43. The van der Waals surface area contributed by atoms with Gasteiger partial charge in [-0.25, -0.2) is 18.8 Å². The summed E-state index contributed by atoms with van der Waals surface area (Å²) >= 11 is 5.92. The SMILES string of the molecule is CC(=Nc1c(-c2ccc(Cl)cc2F)nc(N2CCOC3(CC3)C2)c(F)c1C)N(C)C=O.Cn1cccn1. The first kappa shape index (κ1) is 26.7. The van der Waals surface area contributed by atoms with E-state index in [0.717, 1.165) is 12.8 Å². The van der Waals surface area contributed by atoms with E-state index in [1.54, 1.807) is 30.8 Å². The van der Waals surface area contributed by atoms with Gasteiger partial charge < -0.3 is 14.5 Å². The van der Waals surface area contributed by atoms with E-state index in [2.05, 4.69) is 15.1 Å². The number of nitrogens with zero attached hydrogens (tertiary/aromatic N) is 6. The van der Waals surface area contributed by atoms with Crippen LogP contribution in [0.15, 0.2) is 41.7 Å². The Morgan fingerprint density at radius 1 is 1.32 bits per heavy atom. The van der Waals surface area contributed by atoms with Gasteiger partial charge in [0.2, 0.25) is 6.41 Å². The van der Waals surface area contributed by atoms with Crippen molar-refractivity contribution in [2.75, 3.05) is 31.6 Å². The minimum atomic E-state index is -0.588. The zero-order valence-electron chi connectivity index (χ0n) is 21.2. The molecule has 8 nitrogen and oxygen atoms in total. The van der Waals surface area contributed by atoms with Crippen molar-refractivity contribution >= 4 is 35.4 Å². The fourth-order valence-electron chi connectivity index (χ4n) is 4.00. The molecule has 1 spiro atoms. The van der Waals surface area contributed by atoms with Crippen LogP contribution in [0.3, 0.4) is 0 Å². The highest BCUT2D eigenvalue weighted by Gasteiger charge is 2.48. The summed E-state index contributed by atoms with van der Waals surface area (Å²) in [5.41, 5.74) is 0.514. The molecule has 1 amide bonds. The normalized spacial score (nSPS) is 16.3. The summed E-state index contributed by atoms with van der Waals surface area (Å²) in [4.78, 5) is 23.2. The number of amidine groups is 1. The minimum Gasteiger partial charge on any atom is -0.371 e. The van der Waals surface area contributed by atoms with Crippen LogP contribution in [-0.2, 0) is 16.6 Å². The number of benzene rings is 1. The first-order valence-electron chi connectivity index (χ1n) is 11.9. The molecule has 0 unspecified atom stereocenters. The van der Waals surface area contributed by atoms with Crippen LogP contribution in [-0.4, -0.2) is 64.3 Å². The van der Waals surface area contributed by atoms with Crippen LogP contribution < -0.4 is 4.90 Å². The second-order valence-electron chi connectivity index (χ2n) is 9.20. The van der Waals surface area contributed by atoms with Crippen LogP contribution in [0.4, 0.5) is 20.3 Å². The molecule has 2 fully saturated rings. The summed E-state index contributed by atoms with van der Waals surface area (Å²) in [5, 5.41) is 4.08. The Morgan fingerprint density at radius 3 is 2.65 bits per heavy atom. The van der Waals surface area contributed by atoms with Crippen LogP contribution in [0.5, 0.6) is 0 Å². The Bertz CT molecular complexity index is 1310. The summed E-state index contributed by atoms with van der Waals surface area (Å²) in [6, 6.07) is 6.12. The molecule has 1 aromatic carbocycles. The average molecular weight is 531 g/mol. The number of anilines is 1. The molecule has 2 aliphatic rings. The fourth-order valence-corrected chi connectivity index (χ4v) is 4.16. The van der Waals surface area contributed by atoms with E-state index in [-0.39, 0.29) is 38.9 Å². The number of aliphatic imine (C=N–C) groups is 1. The molecule has 1 aliphatic heterocycles. The van der Waals surface area contributed by atoms with Gasteiger partial charge in [-0.2, -0.15) is 5.10 Å². The van der Waals surface area contributed by atoms with Gasteiger partial charge in [0.15, 0.2) is 11.6 Å². The van der Waals surface area contributed by atoms with Crippen molar-refractivity contribution in [3.63, 3.8) is 0 Å². The van der Waals surface area contributed by atoms with E-state index in [1.807, 2.05) is 24.2 Å². The number of hydrogen-bond donors (Lipinski definition) is 0. The molecule has 0 radical (unpaired) electrons. The number of amides is 1. The maximum Gasteiger partial charge on any atom is 0.214 e. The summed E-state index contributed by atoms with van der Waals surface area (Å²) in [5.74, 6) is -0.630. The van der Waals surface area contributed by atoms with Crippen LogP contribution in [0, 0.1) is 18.6 Å². The van der Waals surface area contributed by atoms with Gasteiger partial charge in [0.1, 0.15) is 17.3 Å². The molecule has 0 atom stereocenters. The number of aryl methyl sites for hydroxylation is 1. The van der Waals surface area contributed by atoms with Crippen molar-refractivity contribution in [1.82, 2.24) is 19.7 Å². The maximum absolute atomic E-state index is 15.5. The molecule has 37 heavy (non-hydrogen) atoms. The Balaban J connectivity index is 0.000000469. The number of ether oxygens (including phenoxy) is 1. The fraction of sp³-hybridized carbons (Fsp3) is 0.385. The first-order valence-corrected chi connectivity index (χ1v) is 12.2. The number of rotatable bonds is 4. The highest BCUT2D eigenvalue weighted by molar-refractivity contribution is 6.30. The summed E-state index contributed by atoms with van der Waals surface area (Å²) in [6.07, 6.45) is 6.10. The van der Waals surface area contributed by atoms with Crippen molar-refractivity contribution in [3.05, 3.63) is 58.9 Å². The molecule has 0 N–H and O–H groups in total. The Labute approximate surface area is 219 Å². The number of hydrogen-bond acceptors (Lipinski definition) is 6. The van der Waals surface area contributed by atoms with Crippen LogP contribution in [0.25, 0.3) is 11.3 Å². The third kappa shape index (κ3) is 5.97. The van der Waals surface area contributed by atoms with E-state index in [4.69, 9.17) is 16.3 Å². The van der Waals surface area contributed by atoms with E-state index < -0.39 is 11.6 Å². The van der Waals surface area contributed by atoms with Crippen molar-refractivity contribution in [2.24, 2.45) is 12.0 Å². The largest absolute Gasteiger partial charge is 0.371 e. The number of aromatic nitrogens is 3. The topological polar surface area (TPSA) is 75.8 Å². The minimum absolute atomic E-state index is 0.150. The number of carbonyl (C=O) groups excluding carboxylic acids is 1. The molecule has 196 valence electrons. The maximum atomic E-state index is 15.5. The number of pyridine rings is 1. The molecule has 1 saturated heterocycles. The Morgan fingerprint density at radius 2 is 2.08 bits per heavy atom. The van der Waals surface area contributed by atoms with Gasteiger partial charge in [-0.05, 0) is 51.0 Å². The van der Waals surface area contributed by atoms with Crippen molar-refractivity contribution in [2.45, 2.75) is 32.3 Å². The van der Waals surface area contributed by atoms with Crippen molar-refractivity contribution in [1.29, 1.82) is 0 Å². The van der Waals surface area contributed by atoms with E-state index in [1.165, 1.54) is 24.1 Å². The van der Waals surface area contributed by atoms with Crippen LogP contribution >= 0.6 is 11.6 Å². The predicted molar refractivity (Wildman–Crippen MR) is 139 cm³/mol. The lowest BCUT2D eigenvalue weighted by Crippen LogP contribution is -2.44. The van der Waals surface area contributed by atoms with Gasteiger partial charge in [0.25, 0.3) is 0 Å². The predicted octanol–water partition coefficient (Wildman–Crippen LogP) is 4.92. The smallest absolute Gasteiger partial charge is 0.214 e. The summed E-state index contributed by atoms with van der Waals surface area (Å²) in [7, 11) is 3.42.